The lowest BCUT2D eigenvalue weighted by Gasteiger charge is -2.24. The van der Waals surface area contributed by atoms with Crippen LogP contribution >= 0.6 is 0 Å². The first-order valence-corrected chi connectivity index (χ1v) is 6.49. The second kappa shape index (κ2) is 6.57. The maximum atomic E-state index is 9.25. The fourth-order valence-corrected chi connectivity index (χ4v) is 2.53. The highest BCUT2D eigenvalue weighted by Gasteiger charge is 2.16. The van der Waals surface area contributed by atoms with Gasteiger partial charge in [-0.2, -0.15) is 0 Å². The zero-order chi connectivity index (χ0) is 12.0. The fourth-order valence-electron chi connectivity index (χ4n) is 2.53. The minimum Gasteiger partial charge on any atom is -0.508 e. The average Bonchev–Trinajstić information content (AvgIpc) is 2.32. The van der Waals surface area contributed by atoms with Gasteiger partial charge >= 0.3 is 0 Å². The monoisotopic (exact) mass is 220 g/mol. The van der Waals surface area contributed by atoms with Gasteiger partial charge in [-0.3, -0.25) is 0 Å². The SMILES string of the molecule is CCC(CC)C(CC)Cc1ccc(O)cc1. The van der Waals surface area contributed by atoms with Crippen LogP contribution in [0.5, 0.6) is 5.75 Å². The maximum Gasteiger partial charge on any atom is 0.115 e. The molecular weight excluding hydrogens is 196 g/mol. The molecule has 1 rings (SSSR count). The van der Waals surface area contributed by atoms with Gasteiger partial charge in [0.2, 0.25) is 0 Å². The number of phenols is 1. The van der Waals surface area contributed by atoms with Gasteiger partial charge in [-0.25, -0.2) is 0 Å². The van der Waals surface area contributed by atoms with Crippen LogP contribution in [0, 0.1) is 11.8 Å². The summed E-state index contributed by atoms with van der Waals surface area (Å²) in [6.45, 7) is 6.85. The van der Waals surface area contributed by atoms with Crippen LogP contribution in [0.25, 0.3) is 0 Å². The minimum atomic E-state index is 0.360. The molecular formula is C15H24O. The highest BCUT2D eigenvalue weighted by atomic mass is 16.3. The number of phenolic OH excluding ortho intramolecular Hbond substituents is 1. The van der Waals surface area contributed by atoms with Gasteiger partial charge in [0.15, 0.2) is 0 Å². The molecule has 0 fully saturated rings. The minimum absolute atomic E-state index is 0.360. The van der Waals surface area contributed by atoms with E-state index in [1.807, 2.05) is 12.1 Å². The molecule has 0 aromatic heterocycles. The van der Waals surface area contributed by atoms with E-state index in [1.165, 1.54) is 24.8 Å². The van der Waals surface area contributed by atoms with E-state index in [2.05, 4.69) is 20.8 Å². The van der Waals surface area contributed by atoms with Crippen molar-refractivity contribution >= 4 is 0 Å². The molecule has 1 N–H and O–H groups in total. The molecule has 1 nitrogen and oxygen atoms in total. The number of hydrogen-bond donors (Lipinski definition) is 1. The molecule has 90 valence electrons. The number of rotatable bonds is 6. The van der Waals surface area contributed by atoms with Gasteiger partial charge in [0.05, 0.1) is 0 Å². The summed E-state index contributed by atoms with van der Waals surface area (Å²) >= 11 is 0. The summed E-state index contributed by atoms with van der Waals surface area (Å²) in [6, 6.07) is 7.66. The van der Waals surface area contributed by atoms with Crippen molar-refractivity contribution in [2.24, 2.45) is 11.8 Å². The van der Waals surface area contributed by atoms with E-state index >= 15 is 0 Å². The zero-order valence-corrected chi connectivity index (χ0v) is 10.7. The highest BCUT2D eigenvalue weighted by molar-refractivity contribution is 5.26. The third-order valence-electron chi connectivity index (χ3n) is 3.67. The predicted molar refractivity (Wildman–Crippen MR) is 69.7 cm³/mol. The summed E-state index contributed by atoms with van der Waals surface area (Å²) in [4.78, 5) is 0. The van der Waals surface area contributed by atoms with Gasteiger partial charge < -0.3 is 5.11 Å². The zero-order valence-electron chi connectivity index (χ0n) is 10.7. The van der Waals surface area contributed by atoms with E-state index in [0.29, 0.717) is 5.75 Å². The lowest BCUT2D eigenvalue weighted by molar-refractivity contribution is 0.302. The smallest absolute Gasteiger partial charge is 0.115 e. The Balaban J connectivity index is 2.65. The van der Waals surface area contributed by atoms with E-state index < -0.39 is 0 Å². The third kappa shape index (κ3) is 3.55. The molecule has 16 heavy (non-hydrogen) atoms. The molecule has 1 atom stereocenters. The molecule has 1 aromatic rings. The molecule has 0 aliphatic rings. The first-order chi connectivity index (χ1) is 7.71. The molecule has 0 spiro atoms. The van der Waals surface area contributed by atoms with Crippen LogP contribution in [0.4, 0.5) is 0 Å². The van der Waals surface area contributed by atoms with Crippen molar-refractivity contribution in [3.05, 3.63) is 29.8 Å². The molecule has 0 radical (unpaired) electrons. The van der Waals surface area contributed by atoms with E-state index in [1.54, 1.807) is 12.1 Å². The lowest BCUT2D eigenvalue weighted by atomic mass is 9.82. The largest absolute Gasteiger partial charge is 0.508 e. The summed E-state index contributed by atoms with van der Waals surface area (Å²) in [6.07, 6.45) is 4.93. The Morgan fingerprint density at radius 3 is 1.81 bits per heavy atom. The van der Waals surface area contributed by atoms with E-state index in [4.69, 9.17) is 0 Å². The van der Waals surface area contributed by atoms with Gasteiger partial charge in [0.1, 0.15) is 5.75 Å². The molecule has 0 saturated heterocycles. The van der Waals surface area contributed by atoms with E-state index in [0.717, 1.165) is 18.3 Å². The first kappa shape index (κ1) is 13.1. The van der Waals surface area contributed by atoms with E-state index in [-0.39, 0.29) is 0 Å². The number of aromatic hydroxyl groups is 1. The summed E-state index contributed by atoms with van der Waals surface area (Å²) in [5.74, 6) is 1.97. The van der Waals surface area contributed by atoms with Crippen LogP contribution in [-0.4, -0.2) is 5.11 Å². The van der Waals surface area contributed by atoms with Crippen LogP contribution in [0.2, 0.25) is 0 Å². The summed E-state index contributed by atoms with van der Waals surface area (Å²) < 4.78 is 0. The number of benzene rings is 1. The Kier molecular flexibility index (Phi) is 5.37. The van der Waals surface area contributed by atoms with Crippen molar-refractivity contribution in [1.82, 2.24) is 0 Å². The van der Waals surface area contributed by atoms with Crippen molar-refractivity contribution < 1.29 is 5.11 Å². The Bertz CT molecular complexity index is 285. The van der Waals surface area contributed by atoms with Gasteiger partial charge in [-0.15, -0.1) is 0 Å². The van der Waals surface area contributed by atoms with Crippen molar-refractivity contribution in [3.63, 3.8) is 0 Å². The molecule has 0 amide bonds. The van der Waals surface area contributed by atoms with Crippen molar-refractivity contribution in [1.29, 1.82) is 0 Å². The van der Waals surface area contributed by atoms with Gasteiger partial charge in [-0.1, -0.05) is 52.2 Å². The van der Waals surface area contributed by atoms with Gasteiger partial charge in [0, 0.05) is 0 Å². The highest BCUT2D eigenvalue weighted by Crippen LogP contribution is 2.26. The summed E-state index contributed by atoms with van der Waals surface area (Å²) in [5, 5.41) is 9.25. The van der Waals surface area contributed by atoms with Crippen LogP contribution in [0.3, 0.4) is 0 Å². The average molecular weight is 220 g/mol. The van der Waals surface area contributed by atoms with E-state index in [9.17, 15) is 5.11 Å². The van der Waals surface area contributed by atoms with Crippen molar-refractivity contribution in [2.45, 2.75) is 46.5 Å². The lowest BCUT2D eigenvalue weighted by Crippen LogP contribution is -2.15. The van der Waals surface area contributed by atoms with Crippen LogP contribution < -0.4 is 0 Å². The van der Waals surface area contributed by atoms with Crippen LogP contribution in [0.15, 0.2) is 24.3 Å². The topological polar surface area (TPSA) is 20.2 Å². The fraction of sp³-hybridized carbons (Fsp3) is 0.600. The summed E-state index contributed by atoms with van der Waals surface area (Å²) in [5.41, 5.74) is 1.34. The third-order valence-corrected chi connectivity index (χ3v) is 3.67. The Morgan fingerprint density at radius 2 is 1.38 bits per heavy atom. The molecule has 1 heteroatoms. The predicted octanol–water partition coefficient (Wildman–Crippen LogP) is 4.40. The Morgan fingerprint density at radius 1 is 0.875 bits per heavy atom. The molecule has 0 bridgehead atoms. The van der Waals surface area contributed by atoms with Crippen LogP contribution in [-0.2, 0) is 6.42 Å². The maximum absolute atomic E-state index is 9.25. The van der Waals surface area contributed by atoms with Crippen molar-refractivity contribution in [2.75, 3.05) is 0 Å². The van der Waals surface area contributed by atoms with Gasteiger partial charge in [0.25, 0.3) is 0 Å². The van der Waals surface area contributed by atoms with Gasteiger partial charge in [-0.05, 0) is 36.0 Å². The standard InChI is InChI=1S/C15H24O/c1-4-13(5-2)14(6-3)11-12-7-9-15(16)10-8-12/h7-10,13-14,16H,4-6,11H2,1-3H3. The Labute approximate surface area is 99.5 Å². The molecule has 0 aliphatic carbocycles. The van der Waals surface area contributed by atoms with Crippen LogP contribution in [0.1, 0.15) is 45.6 Å². The first-order valence-electron chi connectivity index (χ1n) is 6.49. The number of hydrogen-bond acceptors (Lipinski definition) is 1. The normalized spacial score (nSPS) is 13.0. The summed E-state index contributed by atoms with van der Waals surface area (Å²) in [7, 11) is 0. The molecule has 1 aromatic carbocycles. The quantitative estimate of drug-likeness (QED) is 0.753. The van der Waals surface area contributed by atoms with Crippen molar-refractivity contribution in [3.8, 4) is 5.75 Å². The molecule has 0 aliphatic heterocycles. The Hall–Kier alpha value is -0.980. The second-order valence-electron chi connectivity index (χ2n) is 4.62. The second-order valence-corrected chi connectivity index (χ2v) is 4.62. The molecule has 0 heterocycles. The molecule has 0 saturated carbocycles. The molecule has 1 unspecified atom stereocenters.